The number of rotatable bonds is 4. The van der Waals surface area contributed by atoms with E-state index in [2.05, 4.69) is 0 Å². The molecule has 0 aromatic heterocycles. The monoisotopic (exact) mass is 391 g/mol. The molecule has 132 valence electrons. The number of ether oxygens (including phenoxy) is 1. The van der Waals surface area contributed by atoms with Gasteiger partial charge < -0.3 is 10.1 Å². The van der Waals surface area contributed by atoms with Crippen LogP contribution in [0.25, 0.3) is 0 Å². The Morgan fingerprint density at radius 2 is 1.76 bits per heavy atom. The van der Waals surface area contributed by atoms with Gasteiger partial charge in [-0.05, 0) is 37.3 Å². The fourth-order valence-electron chi connectivity index (χ4n) is 1.79. The number of anilines is 1. The lowest BCUT2D eigenvalue weighted by Crippen LogP contribution is -2.30. The quantitative estimate of drug-likeness (QED) is 0.612. The Balaban J connectivity index is 2.08. The molecule has 0 aliphatic heterocycles. The van der Waals surface area contributed by atoms with E-state index >= 15 is 0 Å². The molecular weight excluding hydrogens is 382 g/mol. The van der Waals surface area contributed by atoms with E-state index in [-0.39, 0.29) is 10.6 Å². The Hall–Kier alpha value is -2.25. The molecule has 2 rings (SSSR count). The fraction of sp³-hybridized carbons (Fsp3) is 0.125. The van der Waals surface area contributed by atoms with E-state index in [1.54, 1.807) is 0 Å². The summed E-state index contributed by atoms with van der Waals surface area (Å²) in [7, 11) is 0. The normalized spacial score (nSPS) is 11.8. The maximum Gasteiger partial charge on any atom is 0.340 e. The van der Waals surface area contributed by atoms with Crippen molar-refractivity contribution in [2.24, 2.45) is 0 Å². The van der Waals surface area contributed by atoms with Crippen LogP contribution in [0.2, 0.25) is 10.0 Å². The van der Waals surface area contributed by atoms with Crippen LogP contribution in [-0.4, -0.2) is 18.0 Å². The molecule has 9 heteroatoms. The Kier molecular flexibility index (Phi) is 5.92. The SMILES string of the molecule is C[C@H](OC(=O)c1ccc(Cl)cc1Cl)C(=O)Nc1ccc(F)c(F)c1F. The lowest BCUT2D eigenvalue weighted by molar-refractivity contribution is -0.123. The molecule has 0 heterocycles. The maximum atomic E-state index is 13.5. The van der Waals surface area contributed by atoms with E-state index in [4.69, 9.17) is 27.9 Å². The number of benzene rings is 2. The molecule has 1 amide bonds. The first-order chi connectivity index (χ1) is 11.7. The second-order valence-corrected chi connectivity index (χ2v) is 5.73. The van der Waals surface area contributed by atoms with Crippen LogP contribution in [0.4, 0.5) is 18.9 Å². The molecule has 0 aliphatic rings. The van der Waals surface area contributed by atoms with E-state index in [1.165, 1.54) is 25.1 Å². The first-order valence-electron chi connectivity index (χ1n) is 6.81. The minimum absolute atomic E-state index is 0.0234. The lowest BCUT2D eigenvalue weighted by atomic mass is 10.2. The number of hydrogen-bond acceptors (Lipinski definition) is 3. The minimum Gasteiger partial charge on any atom is -0.449 e. The van der Waals surface area contributed by atoms with E-state index in [9.17, 15) is 22.8 Å². The van der Waals surface area contributed by atoms with Gasteiger partial charge in [-0.3, -0.25) is 4.79 Å². The zero-order valence-electron chi connectivity index (χ0n) is 12.6. The highest BCUT2D eigenvalue weighted by Crippen LogP contribution is 2.23. The highest BCUT2D eigenvalue weighted by molar-refractivity contribution is 6.36. The fourth-order valence-corrected chi connectivity index (χ4v) is 2.28. The van der Waals surface area contributed by atoms with Crippen molar-refractivity contribution < 1.29 is 27.5 Å². The smallest absolute Gasteiger partial charge is 0.340 e. The third-order valence-corrected chi connectivity index (χ3v) is 3.64. The number of esters is 1. The molecule has 2 aromatic rings. The average molecular weight is 392 g/mol. The lowest BCUT2D eigenvalue weighted by Gasteiger charge is -2.14. The Morgan fingerprint density at radius 1 is 1.08 bits per heavy atom. The molecule has 4 nitrogen and oxygen atoms in total. The van der Waals surface area contributed by atoms with Crippen molar-refractivity contribution in [2.45, 2.75) is 13.0 Å². The molecule has 2 aromatic carbocycles. The van der Waals surface area contributed by atoms with Gasteiger partial charge in [-0.25, -0.2) is 18.0 Å². The predicted octanol–water partition coefficient (Wildman–Crippen LogP) is 4.59. The van der Waals surface area contributed by atoms with Gasteiger partial charge in [0.1, 0.15) is 0 Å². The standard InChI is InChI=1S/C16H10Cl2F3NO3/c1-7(25-16(24)9-3-2-8(17)6-10(9)18)15(23)22-12-5-4-11(19)13(20)14(12)21/h2-7H,1H3,(H,22,23)/t7-/m0/s1. The van der Waals surface area contributed by atoms with Crippen molar-refractivity contribution in [3.8, 4) is 0 Å². The van der Waals surface area contributed by atoms with Gasteiger partial charge in [0.25, 0.3) is 5.91 Å². The third-order valence-electron chi connectivity index (χ3n) is 3.10. The highest BCUT2D eigenvalue weighted by Gasteiger charge is 2.23. The van der Waals surface area contributed by atoms with Crippen molar-refractivity contribution in [3.63, 3.8) is 0 Å². The molecule has 0 radical (unpaired) electrons. The number of nitrogens with one attached hydrogen (secondary N) is 1. The number of hydrogen-bond donors (Lipinski definition) is 1. The Bertz CT molecular complexity index is 846. The molecular formula is C16H10Cl2F3NO3. The van der Waals surface area contributed by atoms with E-state index < -0.39 is 41.1 Å². The first kappa shape index (κ1) is 19.1. The summed E-state index contributed by atoms with van der Waals surface area (Å²) >= 11 is 11.6. The summed E-state index contributed by atoms with van der Waals surface area (Å²) in [5.74, 6) is -6.53. The van der Waals surface area contributed by atoms with Crippen molar-refractivity contribution in [2.75, 3.05) is 5.32 Å². The van der Waals surface area contributed by atoms with Crippen molar-refractivity contribution in [1.29, 1.82) is 0 Å². The number of carbonyl (C=O) groups is 2. The summed E-state index contributed by atoms with van der Waals surface area (Å²) in [6.07, 6.45) is -1.35. The second-order valence-electron chi connectivity index (χ2n) is 4.88. The van der Waals surface area contributed by atoms with Crippen molar-refractivity contribution in [1.82, 2.24) is 0 Å². The minimum atomic E-state index is -1.73. The molecule has 0 fully saturated rings. The van der Waals surface area contributed by atoms with Crippen molar-refractivity contribution in [3.05, 3.63) is 63.4 Å². The van der Waals surface area contributed by atoms with E-state index in [1.807, 2.05) is 5.32 Å². The van der Waals surface area contributed by atoms with Crippen LogP contribution in [0.5, 0.6) is 0 Å². The van der Waals surface area contributed by atoms with Crippen LogP contribution in [0.3, 0.4) is 0 Å². The molecule has 0 saturated heterocycles. The van der Waals surface area contributed by atoms with Crippen molar-refractivity contribution >= 4 is 40.8 Å². The molecule has 1 atom stereocenters. The van der Waals surface area contributed by atoms with Crippen LogP contribution in [0, 0.1) is 17.5 Å². The van der Waals surface area contributed by atoms with Crippen LogP contribution in [0.1, 0.15) is 17.3 Å². The maximum absolute atomic E-state index is 13.5. The van der Waals surface area contributed by atoms with Gasteiger partial charge in [0.2, 0.25) is 0 Å². The molecule has 0 saturated carbocycles. The average Bonchev–Trinajstić information content (AvgIpc) is 2.55. The summed E-state index contributed by atoms with van der Waals surface area (Å²) in [6.45, 7) is 1.22. The molecule has 25 heavy (non-hydrogen) atoms. The first-order valence-corrected chi connectivity index (χ1v) is 7.56. The van der Waals surface area contributed by atoms with E-state index in [0.717, 1.165) is 6.07 Å². The molecule has 1 N–H and O–H groups in total. The Labute approximate surface area is 150 Å². The Morgan fingerprint density at radius 3 is 2.40 bits per heavy atom. The van der Waals surface area contributed by atoms with Crippen LogP contribution in [-0.2, 0) is 9.53 Å². The number of amides is 1. The molecule has 0 unspecified atom stereocenters. The van der Waals surface area contributed by atoms with E-state index in [0.29, 0.717) is 11.1 Å². The largest absolute Gasteiger partial charge is 0.449 e. The van der Waals surface area contributed by atoms with Gasteiger partial charge in [-0.1, -0.05) is 23.2 Å². The number of halogens is 5. The zero-order valence-corrected chi connectivity index (χ0v) is 14.1. The van der Waals surface area contributed by atoms with Crippen LogP contribution < -0.4 is 5.32 Å². The zero-order chi connectivity index (χ0) is 18.7. The predicted molar refractivity (Wildman–Crippen MR) is 86.3 cm³/mol. The number of carbonyl (C=O) groups excluding carboxylic acids is 2. The van der Waals surface area contributed by atoms with Crippen LogP contribution >= 0.6 is 23.2 Å². The van der Waals surface area contributed by atoms with Gasteiger partial charge in [0.15, 0.2) is 23.6 Å². The second kappa shape index (κ2) is 7.76. The van der Waals surface area contributed by atoms with Gasteiger partial charge in [0.05, 0.1) is 16.3 Å². The summed E-state index contributed by atoms with van der Waals surface area (Å²) in [5.41, 5.74) is -0.610. The summed E-state index contributed by atoms with van der Waals surface area (Å²) < 4.78 is 44.5. The third kappa shape index (κ3) is 4.43. The molecule has 0 aliphatic carbocycles. The van der Waals surface area contributed by atoms with Gasteiger partial charge >= 0.3 is 5.97 Å². The highest BCUT2D eigenvalue weighted by atomic mass is 35.5. The molecule has 0 spiro atoms. The molecule has 0 bridgehead atoms. The summed E-state index contributed by atoms with van der Waals surface area (Å²) in [6, 6.07) is 5.54. The van der Waals surface area contributed by atoms with Crippen LogP contribution in [0.15, 0.2) is 30.3 Å². The topological polar surface area (TPSA) is 55.4 Å². The summed E-state index contributed by atoms with van der Waals surface area (Å²) in [4.78, 5) is 23.9. The summed E-state index contributed by atoms with van der Waals surface area (Å²) in [5, 5.41) is 2.34. The van der Waals surface area contributed by atoms with Gasteiger partial charge in [-0.2, -0.15) is 0 Å². The van der Waals surface area contributed by atoms with Gasteiger partial charge in [0, 0.05) is 5.02 Å². The van der Waals surface area contributed by atoms with Gasteiger partial charge in [-0.15, -0.1) is 0 Å².